The van der Waals surface area contributed by atoms with E-state index in [4.69, 9.17) is 10.5 Å². The normalized spacial score (nSPS) is 17.7. The number of nitrogens with two attached hydrogens (primary N) is 1. The van der Waals surface area contributed by atoms with Crippen molar-refractivity contribution in [2.45, 2.75) is 57.8 Å². The van der Waals surface area contributed by atoms with Gasteiger partial charge in [0, 0.05) is 13.0 Å². The third-order valence-electron chi connectivity index (χ3n) is 2.48. The molecule has 1 heterocycles. The van der Waals surface area contributed by atoms with Gasteiger partial charge in [-0.15, -0.1) is 0 Å². The maximum Gasteiger partial charge on any atom is 0.308 e. The van der Waals surface area contributed by atoms with Crippen molar-refractivity contribution in [3.63, 3.8) is 0 Å². The molecule has 0 aromatic heterocycles. The van der Waals surface area contributed by atoms with E-state index < -0.39 is 17.6 Å². The maximum absolute atomic E-state index is 11.6. The second-order valence-corrected chi connectivity index (χ2v) is 5.86. The Balaban J connectivity index is 2.22. The number of carbonyl (C=O) groups excluding carboxylic acids is 2. The molecule has 19 heavy (non-hydrogen) atoms. The summed E-state index contributed by atoms with van der Waals surface area (Å²) in [5.74, 6) is -0.843. The van der Waals surface area contributed by atoms with Crippen LogP contribution in [0.3, 0.4) is 0 Å². The zero-order valence-corrected chi connectivity index (χ0v) is 11.9. The monoisotopic (exact) mass is 270 g/mol. The van der Waals surface area contributed by atoms with Crippen LogP contribution in [0.15, 0.2) is 10.2 Å². The van der Waals surface area contributed by atoms with Gasteiger partial charge >= 0.3 is 5.97 Å². The molecule has 0 saturated carbocycles. The number of hydrogen-bond donors (Lipinski definition) is 2. The molecule has 7 nitrogen and oxygen atoms in total. The number of rotatable bonds is 6. The molecule has 1 rings (SSSR count). The predicted octanol–water partition coefficient (Wildman–Crippen LogP) is 0.734. The largest absolute Gasteiger partial charge is 0.460 e. The number of esters is 1. The molecule has 0 aromatic carbocycles. The van der Waals surface area contributed by atoms with Crippen LogP contribution in [-0.4, -0.2) is 35.7 Å². The summed E-state index contributed by atoms with van der Waals surface area (Å²) in [5, 5.41) is 10.3. The fourth-order valence-electron chi connectivity index (χ4n) is 1.39. The van der Waals surface area contributed by atoms with Crippen molar-refractivity contribution in [2.75, 3.05) is 6.54 Å². The Bertz CT molecular complexity index is 381. The molecule has 7 heteroatoms. The fourth-order valence-corrected chi connectivity index (χ4v) is 1.39. The average molecular weight is 270 g/mol. The minimum atomic E-state index is -0.893. The van der Waals surface area contributed by atoms with Gasteiger partial charge in [0.2, 0.25) is 5.91 Å². The summed E-state index contributed by atoms with van der Waals surface area (Å²) in [6.45, 7) is 7.60. The van der Waals surface area contributed by atoms with Crippen LogP contribution in [0.25, 0.3) is 0 Å². The van der Waals surface area contributed by atoms with E-state index in [2.05, 4.69) is 15.5 Å². The summed E-state index contributed by atoms with van der Waals surface area (Å²) < 4.78 is 5.10. The van der Waals surface area contributed by atoms with Crippen molar-refractivity contribution in [1.82, 2.24) is 5.32 Å². The number of carbonyl (C=O) groups is 2. The average Bonchev–Trinajstić information content (AvgIpc) is 2.93. The Morgan fingerprint density at radius 3 is 2.42 bits per heavy atom. The number of nitrogens with zero attached hydrogens (tertiary/aromatic N) is 2. The van der Waals surface area contributed by atoms with Crippen LogP contribution in [0.1, 0.15) is 40.5 Å². The summed E-state index contributed by atoms with van der Waals surface area (Å²) in [4.78, 5) is 23.1. The standard InChI is InChI=1S/C12H22N4O3/c1-11(2,3)19-9(17)7-8(13)10(18)14-6-5-12(4)15-16-12/h8H,5-7,13H2,1-4H3,(H,14,18)/t8-/m0/s1. The quantitative estimate of drug-likeness (QED) is 0.694. The fraction of sp³-hybridized carbons (Fsp3) is 0.833. The summed E-state index contributed by atoms with van der Waals surface area (Å²) >= 11 is 0. The first-order valence-corrected chi connectivity index (χ1v) is 6.30. The second-order valence-electron chi connectivity index (χ2n) is 5.86. The highest BCUT2D eigenvalue weighted by Crippen LogP contribution is 2.29. The molecular weight excluding hydrogens is 248 g/mol. The van der Waals surface area contributed by atoms with Crippen LogP contribution in [0.4, 0.5) is 0 Å². The highest BCUT2D eigenvalue weighted by atomic mass is 16.6. The van der Waals surface area contributed by atoms with Gasteiger partial charge < -0.3 is 15.8 Å². The van der Waals surface area contributed by atoms with Gasteiger partial charge in [0.1, 0.15) is 5.60 Å². The van der Waals surface area contributed by atoms with Crippen molar-refractivity contribution in [3.05, 3.63) is 0 Å². The molecule has 108 valence electrons. The molecule has 1 amide bonds. The van der Waals surface area contributed by atoms with Crippen molar-refractivity contribution in [1.29, 1.82) is 0 Å². The predicted molar refractivity (Wildman–Crippen MR) is 69.3 cm³/mol. The zero-order valence-electron chi connectivity index (χ0n) is 11.9. The van der Waals surface area contributed by atoms with Crippen LogP contribution in [0.5, 0.6) is 0 Å². The topological polar surface area (TPSA) is 106 Å². The first kappa shape index (κ1) is 15.6. The Morgan fingerprint density at radius 2 is 1.95 bits per heavy atom. The molecule has 0 aromatic rings. The Morgan fingerprint density at radius 1 is 1.37 bits per heavy atom. The highest BCUT2D eigenvalue weighted by molar-refractivity contribution is 5.86. The number of amides is 1. The van der Waals surface area contributed by atoms with Crippen LogP contribution in [-0.2, 0) is 14.3 Å². The molecule has 1 aliphatic rings. The lowest BCUT2D eigenvalue weighted by atomic mass is 10.1. The lowest BCUT2D eigenvalue weighted by Crippen LogP contribution is -2.43. The van der Waals surface area contributed by atoms with Gasteiger partial charge in [0.25, 0.3) is 0 Å². The Hall–Kier alpha value is -1.50. The van der Waals surface area contributed by atoms with Gasteiger partial charge in [-0.3, -0.25) is 9.59 Å². The molecule has 3 N–H and O–H groups in total. The minimum absolute atomic E-state index is 0.130. The Kier molecular flexibility index (Phi) is 4.62. The first-order valence-electron chi connectivity index (χ1n) is 6.30. The van der Waals surface area contributed by atoms with E-state index in [0.29, 0.717) is 13.0 Å². The smallest absolute Gasteiger partial charge is 0.308 e. The minimum Gasteiger partial charge on any atom is -0.460 e. The molecule has 0 radical (unpaired) electrons. The number of hydrogen-bond acceptors (Lipinski definition) is 6. The van der Waals surface area contributed by atoms with Crippen molar-refractivity contribution in [3.8, 4) is 0 Å². The van der Waals surface area contributed by atoms with E-state index in [9.17, 15) is 9.59 Å². The summed E-state index contributed by atoms with van der Waals surface area (Å²) in [7, 11) is 0. The summed E-state index contributed by atoms with van der Waals surface area (Å²) in [5.41, 5.74) is 4.73. The van der Waals surface area contributed by atoms with Crippen molar-refractivity contribution in [2.24, 2.45) is 16.0 Å². The molecule has 0 spiro atoms. The second kappa shape index (κ2) is 5.64. The van der Waals surface area contributed by atoms with Gasteiger partial charge in [0.15, 0.2) is 5.66 Å². The molecule has 0 unspecified atom stereocenters. The lowest BCUT2D eigenvalue weighted by molar-refractivity contribution is -0.156. The van der Waals surface area contributed by atoms with Crippen molar-refractivity contribution < 1.29 is 14.3 Å². The van der Waals surface area contributed by atoms with E-state index in [0.717, 1.165) is 0 Å². The molecule has 0 saturated heterocycles. The van der Waals surface area contributed by atoms with E-state index >= 15 is 0 Å². The molecule has 0 aliphatic carbocycles. The highest BCUT2D eigenvalue weighted by Gasteiger charge is 2.33. The lowest BCUT2D eigenvalue weighted by Gasteiger charge is -2.20. The third-order valence-corrected chi connectivity index (χ3v) is 2.48. The van der Waals surface area contributed by atoms with E-state index in [-0.39, 0.29) is 18.0 Å². The Labute approximate surface area is 113 Å². The van der Waals surface area contributed by atoms with Crippen LogP contribution < -0.4 is 11.1 Å². The van der Waals surface area contributed by atoms with Gasteiger partial charge in [-0.2, -0.15) is 10.2 Å². The van der Waals surface area contributed by atoms with Crippen molar-refractivity contribution >= 4 is 11.9 Å². The molecule has 0 fully saturated rings. The molecule has 1 aliphatic heterocycles. The molecule has 1 atom stereocenters. The maximum atomic E-state index is 11.6. The first-order chi connectivity index (χ1) is 8.61. The van der Waals surface area contributed by atoms with Gasteiger partial charge in [-0.1, -0.05) is 0 Å². The van der Waals surface area contributed by atoms with Crippen LogP contribution in [0.2, 0.25) is 0 Å². The van der Waals surface area contributed by atoms with Crippen LogP contribution in [0, 0.1) is 0 Å². The zero-order chi connectivity index (χ0) is 14.7. The van der Waals surface area contributed by atoms with Crippen LogP contribution >= 0.6 is 0 Å². The summed E-state index contributed by atoms with van der Waals surface area (Å²) in [6, 6.07) is -0.893. The molecule has 0 bridgehead atoms. The SMILES string of the molecule is CC1(CCNC(=O)[C@@H](N)CC(=O)OC(C)(C)C)N=N1. The number of nitrogens with one attached hydrogen (secondary N) is 1. The third kappa shape index (κ3) is 6.28. The molecular formula is C12H22N4O3. The van der Waals surface area contributed by atoms with Gasteiger partial charge in [0.05, 0.1) is 12.5 Å². The number of ether oxygens (including phenoxy) is 1. The van der Waals surface area contributed by atoms with E-state index in [1.807, 2.05) is 6.92 Å². The van der Waals surface area contributed by atoms with Gasteiger partial charge in [-0.25, -0.2) is 0 Å². The van der Waals surface area contributed by atoms with E-state index in [1.54, 1.807) is 20.8 Å². The van der Waals surface area contributed by atoms with Gasteiger partial charge in [-0.05, 0) is 27.7 Å². The summed E-state index contributed by atoms with van der Waals surface area (Å²) in [6.07, 6.45) is 0.507. The van der Waals surface area contributed by atoms with E-state index in [1.165, 1.54) is 0 Å².